The maximum Gasteiger partial charge on any atom is 0.251 e. The largest absolute Gasteiger partial charge is 0.311 e. The maximum absolute atomic E-state index is 2.59. The van der Waals surface area contributed by atoms with Gasteiger partial charge in [-0.05, 0) is 139 Å². The summed E-state index contributed by atoms with van der Waals surface area (Å²) in [6, 6.07) is 54.7. The van der Waals surface area contributed by atoms with E-state index in [4.69, 9.17) is 0 Å². The fourth-order valence-corrected chi connectivity index (χ4v) is 12.9. The second-order valence-corrected chi connectivity index (χ2v) is 20.1. The Kier molecular flexibility index (Phi) is 6.99. The number of hydrogen-bond acceptors (Lipinski definition) is 3. The van der Waals surface area contributed by atoms with Crippen molar-refractivity contribution in [1.82, 2.24) is 0 Å². The van der Waals surface area contributed by atoms with Crippen molar-refractivity contribution >= 4 is 92.7 Å². The minimum atomic E-state index is -2.13. The van der Waals surface area contributed by atoms with Crippen molar-refractivity contribution in [2.45, 2.75) is 40.8 Å². The molecule has 256 valence electrons. The third-order valence-corrected chi connectivity index (χ3v) is 15.2. The van der Waals surface area contributed by atoms with Crippen LogP contribution in [0.4, 0.5) is 51.2 Å². The Labute approximate surface area is 314 Å². The fraction of sp³-hybridized carbons (Fsp3) is 0.125. The van der Waals surface area contributed by atoms with E-state index in [-0.39, 0.29) is 6.71 Å². The summed E-state index contributed by atoms with van der Waals surface area (Å²) in [4.78, 5) is 7.61. The highest BCUT2D eigenvalue weighted by molar-refractivity contribution is 7.16. The van der Waals surface area contributed by atoms with Gasteiger partial charge in [0.15, 0.2) is 0 Å². The van der Waals surface area contributed by atoms with E-state index >= 15 is 0 Å². The van der Waals surface area contributed by atoms with Crippen LogP contribution in [-0.2, 0) is 0 Å². The summed E-state index contributed by atoms with van der Waals surface area (Å²) in [6.45, 7) is 14.3. The Morgan fingerprint density at radius 2 is 0.849 bits per heavy atom. The molecule has 0 atom stereocenters. The molecule has 7 aromatic rings. The van der Waals surface area contributed by atoms with Gasteiger partial charge in [-0.3, -0.25) is 0 Å². The Balaban J connectivity index is 1.39. The fourth-order valence-electron chi connectivity index (χ4n) is 9.50. The summed E-state index contributed by atoms with van der Waals surface area (Å²) in [5.74, 6) is 0. The molecule has 0 saturated heterocycles. The summed E-state index contributed by atoms with van der Waals surface area (Å²) in [6.07, 6.45) is 0. The quantitative estimate of drug-likeness (QED) is 0.166. The molecule has 3 aliphatic heterocycles. The van der Waals surface area contributed by atoms with Crippen molar-refractivity contribution in [3.05, 3.63) is 168 Å². The molecule has 0 N–H and O–H groups in total. The maximum atomic E-state index is 2.59. The van der Waals surface area contributed by atoms with E-state index in [1.165, 1.54) is 72.8 Å². The van der Waals surface area contributed by atoms with Gasteiger partial charge in [-0.25, -0.2) is 0 Å². The van der Waals surface area contributed by atoms with Crippen molar-refractivity contribution in [1.29, 1.82) is 0 Å². The second-order valence-electron chi connectivity index (χ2n) is 15.8. The third-order valence-electron chi connectivity index (χ3n) is 11.7. The van der Waals surface area contributed by atoms with Gasteiger partial charge in [-0.15, -0.1) is 0 Å². The first-order valence-electron chi connectivity index (χ1n) is 18.8. The molecule has 0 amide bonds. The zero-order valence-electron chi connectivity index (χ0n) is 31.3. The Morgan fingerprint density at radius 3 is 1.28 bits per heavy atom. The first-order valence-corrected chi connectivity index (χ1v) is 21.8. The normalized spacial score (nSPS) is 14.3. The lowest BCUT2D eigenvalue weighted by Crippen LogP contribution is -2.79. The van der Waals surface area contributed by atoms with Crippen molar-refractivity contribution in [2.24, 2.45) is 0 Å². The molecule has 0 bridgehead atoms. The van der Waals surface area contributed by atoms with E-state index < -0.39 is 8.07 Å². The van der Waals surface area contributed by atoms with Gasteiger partial charge in [0.25, 0.3) is 6.71 Å². The molecular formula is C48H42BN3Si. The van der Waals surface area contributed by atoms with Crippen LogP contribution in [-0.4, -0.2) is 14.8 Å². The van der Waals surface area contributed by atoms with Crippen molar-refractivity contribution in [3.8, 4) is 0 Å². The SMILES string of the molecule is Cc1cccc(N2c3cc(N(c4ccccc4)c4ccccc4)cc4c3B3c5c2cc(C)cc5[Si](C)(C)c2cc(C)cc(c23)N4c2cccc(C)c2)c1. The lowest BCUT2D eigenvalue weighted by Gasteiger charge is -2.50. The minimum Gasteiger partial charge on any atom is -0.311 e. The van der Waals surface area contributed by atoms with Crippen LogP contribution in [0.1, 0.15) is 22.3 Å². The van der Waals surface area contributed by atoms with Crippen LogP contribution in [0.25, 0.3) is 0 Å². The smallest absolute Gasteiger partial charge is 0.251 e. The number of aryl methyl sites for hydroxylation is 4. The zero-order chi connectivity index (χ0) is 36.2. The number of hydrogen-bond donors (Lipinski definition) is 0. The van der Waals surface area contributed by atoms with Crippen molar-refractivity contribution in [3.63, 3.8) is 0 Å². The summed E-state index contributed by atoms with van der Waals surface area (Å²) in [7, 11) is -2.13. The summed E-state index contributed by atoms with van der Waals surface area (Å²) in [5.41, 5.74) is 20.4. The molecule has 0 spiro atoms. The Hall–Kier alpha value is -5.78. The third kappa shape index (κ3) is 4.73. The average Bonchev–Trinajstić information content (AvgIpc) is 3.14. The Bertz CT molecular complexity index is 2440. The van der Waals surface area contributed by atoms with Crippen LogP contribution in [0.5, 0.6) is 0 Å². The molecule has 53 heavy (non-hydrogen) atoms. The highest BCUT2D eigenvalue weighted by atomic mass is 28.3. The number of para-hydroxylation sites is 2. The van der Waals surface area contributed by atoms with Gasteiger partial charge >= 0.3 is 0 Å². The van der Waals surface area contributed by atoms with E-state index in [2.05, 4.69) is 201 Å². The van der Waals surface area contributed by atoms with Gasteiger partial charge in [-0.2, -0.15) is 0 Å². The van der Waals surface area contributed by atoms with Crippen LogP contribution in [0.3, 0.4) is 0 Å². The van der Waals surface area contributed by atoms with Gasteiger partial charge in [0, 0.05) is 45.5 Å². The standard InChI is InChI=1S/C48H42BN3Si/c1-31-15-13-21-37(23-31)51-40-25-33(3)27-44-47(40)49-46-42(51)29-39(50(35-17-9-7-10-18-35)36-19-11-8-12-20-36)30-43(46)52(38-22-14-16-32(2)24-38)41-26-34(4)28-45(48(41)49)53(44,5)6/h7-30H,1-6H3. The summed E-state index contributed by atoms with van der Waals surface area (Å²) < 4.78 is 0. The van der Waals surface area contributed by atoms with Gasteiger partial charge in [-0.1, -0.05) is 96.3 Å². The predicted octanol–water partition coefficient (Wildman–Crippen LogP) is 9.61. The van der Waals surface area contributed by atoms with Gasteiger partial charge < -0.3 is 14.7 Å². The Morgan fingerprint density at radius 1 is 0.415 bits per heavy atom. The average molecular weight is 700 g/mol. The molecular weight excluding hydrogens is 657 g/mol. The van der Waals surface area contributed by atoms with Crippen LogP contribution in [0.2, 0.25) is 13.1 Å². The molecule has 10 rings (SSSR count). The van der Waals surface area contributed by atoms with E-state index in [0.29, 0.717) is 0 Å². The number of nitrogens with zero attached hydrogens (tertiary/aromatic N) is 3. The summed E-state index contributed by atoms with van der Waals surface area (Å²) in [5, 5.41) is 3.14. The number of rotatable bonds is 5. The van der Waals surface area contributed by atoms with Crippen LogP contribution in [0.15, 0.2) is 146 Å². The summed E-state index contributed by atoms with van der Waals surface area (Å²) >= 11 is 0. The molecule has 0 aromatic heterocycles. The number of benzene rings is 7. The van der Waals surface area contributed by atoms with Gasteiger partial charge in [0.1, 0.15) is 8.07 Å². The first kappa shape index (κ1) is 31.9. The van der Waals surface area contributed by atoms with Gasteiger partial charge in [0.2, 0.25) is 0 Å². The van der Waals surface area contributed by atoms with Crippen LogP contribution >= 0.6 is 0 Å². The molecule has 0 fully saturated rings. The minimum absolute atomic E-state index is 0.134. The van der Waals surface area contributed by atoms with Crippen molar-refractivity contribution in [2.75, 3.05) is 14.7 Å². The van der Waals surface area contributed by atoms with Gasteiger partial charge in [0.05, 0.1) is 5.69 Å². The predicted molar refractivity (Wildman–Crippen MR) is 231 cm³/mol. The highest BCUT2D eigenvalue weighted by Gasteiger charge is 2.52. The first-order chi connectivity index (χ1) is 25.7. The van der Waals surface area contributed by atoms with Crippen LogP contribution < -0.4 is 41.5 Å². The molecule has 5 heteroatoms. The zero-order valence-corrected chi connectivity index (χ0v) is 32.3. The van der Waals surface area contributed by atoms with E-state index in [9.17, 15) is 0 Å². The molecule has 0 radical (unpaired) electrons. The highest BCUT2D eigenvalue weighted by Crippen LogP contribution is 2.48. The number of anilines is 9. The monoisotopic (exact) mass is 699 g/mol. The lowest BCUT2D eigenvalue weighted by atomic mass is 9.33. The van der Waals surface area contributed by atoms with E-state index in [1.807, 2.05) is 0 Å². The molecule has 0 unspecified atom stereocenters. The second kappa shape index (κ2) is 11.6. The molecule has 3 nitrogen and oxygen atoms in total. The molecule has 0 saturated carbocycles. The lowest BCUT2D eigenvalue weighted by molar-refractivity contribution is 1.21. The van der Waals surface area contributed by atoms with E-state index in [0.717, 1.165) is 17.1 Å². The molecule has 3 heterocycles. The van der Waals surface area contributed by atoms with E-state index in [1.54, 1.807) is 10.4 Å². The topological polar surface area (TPSA) is 9.72 Å². The van der Waals surface area contributed by atoms with Crippen LogP contribution in [0, 0.1) is 27.7 Å². The molecule has 3 aliphatic rings. The van der Waals surface area contributed by atoms with Crippen molar-refractivity contribution < 1.29 is 0 Å². The molecule has 7 aromatic carbocycles. The molecule has 0 aliphatic carbocycles.